The van der Waals surface area contributed by atoms with Crippen molar-refractivity contribution in [3.63, 3.8) is 0 Å². The molecular weight excluding hydrogens is 1070 g/mol. The summed E-state index contributed by atoms with van der Waals surface area (Å²) < 4.78 is 63.3. The minimum atomic E-state index is -5.50. The number of carbonyl (C=O) groups is 3. The molecule has 0 bridgehead atoms. The third kappa shape index (κ3) is 13.9. The number of nitrogens with zero attached hydrogens (tertiary/aromatic N) is 4. The maximum Gasteiger partial charge on any atom is 0.481 e. The van der Waals surface area contributed by atoms with Crippen molar-refractivity contribution in [3.8, 4) is 0 Å². The number of fused-ring (bicyclic) bond motifs is 6. The van der Waals surface area contributed by atoms with Crippen LogP contribution in [0, 0.1) is 51.8 Å². The van der Waals surface area contributed by atoms with Crippen LogP contribution in [0.2, 0.25) is 0 Å². The predicted molar refractivity (Wildman–Crippen MR) is 268 cm³/mol. The molecule has 5 fully saturated rings. The molecule has 2 aromatic heterocycles. The van der Waals surface area contributed by atoms with E-state index in [0.29, 0.717) is 37.9 Å². The van der Waals surface area contributed by atoms with E-state index in [4.69, 9.17) is 24.0 Å². The highest BCUT2D eigenvalue weighted by atomic mass is 32.2. The Kier molecular flexibility index (Phi) is 19.0. The summed E-state index contributed by atoms with van der Waals surface area (Å²) in [6.45, 7) is 7.34. The van der Waals surface area contributed by atoms with E-state index in [9.17, 15) is 68.1 Å². The third-order valence-electron chi connectivity index (χ3n) is 17.0. The van der Waals surface area contributed by atoms with Gasteiger partial charge in [0.05, 0.1) is 37.9 Å². The maximum atomic E-state index is 13.0. The molecule has 26 nitrogen and oxygen atoms in total. The number of thioether (sulfide) groups is 1. The van der Waals surface area contributed by atoms with Crippen LogP contribution < -0.4 is 16.4 Å². The van der Waals surface area contributed by atoms with E-state index >= 15 is 0 Å². The van der Waals surface area contributed by atoms with E-state index in [0.717, 1.165) is 43.8 Å². The zero-order valence-electron chi connectivity index (χ0n) is 42.7. The highest BCUT2D eigenvalue weighted by Gasteiger charge is 2.66. The van der Waals surface area contributed by atoms with Gasteiger partial charge in [-0.1, -0.05) is 46.4 Å². The zero-order chi connectivity index (χ0) is 55.1. The summed E-state index contributed by atoms with van der Waals surface area (Å²) in [5, 5.41) is 49.7. The van der Waals surface area contributed by atoms with E-state index in [1.807, 2.05) is 0 Å². The van der Waals surface area contributed by atoms with E-state index in [1.54, 1.807) is 0 Å². The number of aliphatic hydroxyl groups excluding tert-OH is 4. The van der Waals surface area contributed by atoms with Gasteiger partial charge in [0.2, 0.25) is 11.8 Å². The number of rotatable bonds is 23. The topological polar surface area (TPSA) is 404 Å². The summed E-state index contributed by atoms with van der Waals surface area (Å²) in [7, 11) is -16.1. The molecule has 0 spiro atoms. The van der Waals surface area contributed by atoms with Crippen molar-refractivity contribution in [3.05, 3.63) is 12.7 Å². The van der Waals surface area contributed by atoms with Crippen LogP contribution in [0.3, 0.4) is 0 Å². The first-order valence-corrected chi connectivity index (χ1v) is 30.9. The summed E-state index contributed by atoms with van der Waals surface area (Å²) in [6.07, 6.45) is 1.36. The number of hydrogen-bond donors (Lipinski definition) is 11. The summed E-state index contributed by atoms with van der Waals surface area (Å²) in [4.78, 5) is 89.9. The minimum absolute atomic E-state index is 0.00921. The van der Waals surface area contributed by atoms with E-state index < -0.39 is 90.7 Å². The van der Waals surface area contributed by atoms with Gasteiger partial charge in [-0.3, -0.25) is 32.5 Å². The highest BCUT2D eigenvalue weighted by Crippen LogP contribution is 2.68. The molecule has 2 amide bonds. The average molecular weight is 1140 g/mol. The Bertz CT molecular complexity index is 2530. The number of phosphoric ester groups is 3. The van der Waals surface area contributed by atoms with Gasteiger partial charge in [0, 0.05) is 43.5 Å². The number of imidazole rings is 1. The quantitative estimate of drug-likeness (QED) is 0.0562. The lowest BCUT2D eigenvalue weighted by atomic mass is 9.43. The largest absolute Gasteiger partial charge is 0.481 e. The zero-order valence-corrected chi connectivity index (χ0v) is 46.2. The highest BCUT2D eigenvalue weighted by molar-refractivity contribution is 8.13. The van der Waals surface area contributed by atoms with Gasteiger partial charge in [-0.15, -0.1) is 0 Å². The van der Waals surface area contributed by atoms with Crippen LogP contribution in [0.4, 0.5) is 5.82 Å². The number of hydrogen-bond acceptors (Lipinski definition) is 20. The number of aliphatic hydroxyl groups is 4. The number of aromatic nitrogens is 4. The molecule has 5 aliphatic rings. The Hall–Kier alpha value is -2.52. The smallest absolute Gasteiger partial charge is 0.393 e. The van der Waals surface area contributed by atoms with Crippen LogP contribution >= 0.6 is 35.2 Å². The Morgan fingerprint density at radius 3 is 2.39 bits per heavy atom. The van der Waals surface area contributed by atoms with Crippen LogP contribution in [0.15, 0.2) is 12.7 Å². The fourth-order valence-corrected chi connectivity index (χ4v) is 16.5. The van der Waals surface area contributed by atoms with Crippen molar-refractivity contribution in [1.82, 2.24) is 30.2 Å². The first-order chi connectivity index (χ1) is 34.9. The number of carbonyl (C=O) groups excluding carboxylic acids is 3. The number of anilines is 1. The lowest BCUT2D eigenvalue weighted by Gasteiger charge is -2.63. The van der Waals surface area contributed by atoms with Crippen LogP contribution in [-0.2, 0) is 50.7 Å². The molecule has 3 heterocycles. The molecule has 7 rings (SSSR count). The van der Waals surface area contributed by atoms with Crippen molar-refractivity contribution in [2.75, 3.05) is 37.8 Å². The van der Waals surface area contributed by atoms with Gasteiger partial charge in [0.15, 0.2) is 16.6 Å². The fourth-order valence-electron chi connectivity index (χ4n) is 13.0. The van der Waals surface area contributed by atoms with Crippen molar-refractivity contribution >= 4 is 69.1 Å². The number of amides is 2. The second kappa shape index (κ2) is 23.7. The number of nitrogens with one attached hydrogen (secondary N) is 2. The van der Waals surface area contributed by atoms with Gasteiger partial charge in [-0.25, -0.2) is 28.6 Å². The van der Waals surface area contributed by atoms with Crippen LogP contribution in [0.1, 0.15) is 111 Å². The first-order valence-electron chi connectivity index (χ1n) is 25.4. The molecule has 0 aromatic carbocycles. The van der Waals surface area contributed by atoms with Gasteiger partial charge >= 0.3 is 23.5 Å². The normalized spacial score (nSPS) is 34.3. The van der Waals surface area contributed by atoms with Crippen molar-refractivity contribution in [1.29, 1.82) is 0 Å². The van der Waals surface area contributed by atoms with E-state index in [1.165, 1.54) is 24.7 Å². The molecule has 4 saturated carbocycles. The average Bonchev–Trinajstić information content (AvgIpc) is 4.04. The standard InChI is InChI=1S/C45H74N7O19P3S/c1-24(27-7-8-28-37-29(18-33(55)45(27,28)5)44(4)12-10-26(53)16-25(44)17-30(37)54)6-9-36(57)75-15-14-47-34(56)11-13-48-42(59)39(58)43(2,3)21-68-74(65,66)71-73(63,64)67-20-32-31(70-72(60,61)62)19-35(69-32)52-23-51-38-40(46)49-22-50-41(38)52/h22-33,35,37,39,53-55,58H,6-21H2,1-5H3,(H,47,56)(H,48,59)(H,63,64)(H,65,66)(H2,46,49,50)(H2,60,61,62)/t24-,25+,26-,27-,28+,29+,30-,31+,32-,33+,35-,37+,39?,44+,45-/m1/s1. The summed E-state index contributed by atoms with van der Waals surface area (Å²) in [6, 6.07) is 0. The molecule has 12 N–H and O–H groups in total. The molecule has 0 radical (unpaired) electrons. The molecule has 17 atom stereocenters. The van der Waals surface area contributed by atoms with Gasteiger partial charge in [0.1, 0.15) is 36.4 Å². The number of phosphoric acid groups is 3. The second-order valence-corrected chi connectivity index (χ2v) is 27.6. The summed E-state index contributed by atoms with van der Waals surface area (Å²) in [5.74, 6) is 0.0601. The Morgan fingerprint density at radius 1 is 0.947 bits per heavy atom. The van der Waals surface area contributed by atoms with Gasteiger partial charge < -0.3 is 61.1 Å². The molecule has 1 saturated heterocycles. The molecule has 3 unspecified atom stereocenters. The van der Waals surface area contributed by atoms with Crippen molar-refractivity contribution in [2.24, 2.45) is 51.8 Å². The lowest BCUT2D eigenvalue weighted by molar-refractivity contribution is -0.207. The van der Waals surface area contributed by atoms with Crippen molar-refractivity contribution < 1.29 is 90.7 Å². The SMILES string of the molecule is C[C@H](CCC(=O)SCCNC(=O)CCNC(=O)C(O)C(C)(C)COP(=O)(O)OP(=O)(O)OC[C@H]1O[C@@H](n2cnc3c(N)ncnc32)C[C@@H]1OP(=O)(O)O)[C@H]1CC[C@H]2[C@@H]3[C@H](O)C[C@@H]4C[C@H](O)CC[C@]4(C)[C@H]3C[C@H](O)[C@]12C. The van der Waals surface area contributed by atoms with Crippen LogP contribution in [-0.4, -0.2) is 145 Å². The Balaban J connectivity index is 0.777. The third-order valence-corrected chi connectivity index (χ3v) is 21.1. The monoisotopic (exact) mass is 1140 g/mol. The molecule has 30 heteroatoms. The fraction of sp³-hybridized carbons (Fsp3) is 0.822. The van der Waals surface area contributed by atoms with E-state index in [2.05, 4.69) is 50.7 Å². The summed E-state index contributed by atoms with van der Waals surface area (Å²) >= 11 is 1.11. The maximum absolute atomic E-state index is 13.0. The first kappa shape index (κ1) is 60.1. The number of nitrogens with two attached hydrogens (primary N) is 1. The van der Waals surface area contributed by atoms with Gasteiger partial charge in [-0.05, 0) is 97.7 Å². The molecule has 2 aromatic rings. The molecule has 424 valence electrons. The number of nitrogen functional groups attached to an aromatic ring is 1. The number of ether oxygens (including phenoxy) is 1. The van der Waals surface area contributed by atoms with Crippen LogP contribution in [0.25, 0.3) is 11.2 Å². The minimum Gasteiger partial charge on any atom is -0.393 e. The Morgan fingerprint density at radius 2 is 1.67 bits per heavy atom. The van der Waals surface area contributed by atoms with Gasteiger partial charge in [-0.2, -0.15) is 4.31 Å². The molecule has 1 aliphatic heterocycles. The Labute approximate surface area is 438 Å². The van der Waals surface area contributed by atoms with E-state index in [-0.39, 0.29) is 100 Å². The lowest BCUT2D eigenvalue weighted by Crippen LogP contribution is -2.62. The molecule has 4 aliphatic carbocycles. The molecular formula is C45H74N7O19P3S. The second-order valence-electron chi connectivity index (χ2n) is 22.2. The van der Waals surface area contributed by atoms with Crippen LogP contribution in [0.5, 0.6) is 0 Å². The molecule has 75 heavy (non-hydrogen) atoms. The predicted octanol–water partition coefficient (Wildman–Crippen LogP) is 3.07. The van der Waals surface area contributed by atoms with Gasteiger partial charge in [0.25, 0.3) is 0 Å². The summed E-state index contributed by atoms with van der Waals surface area (Å²) in [5.41, 5.74) is 4.21. The van der Waals surface area contributed by atoms with Crippen molar-refractivity contribution in [2.45, 2.75) is 148 Å².